The highest BCUT2D eigenvalue weighted by atomic mass is 32.1. The standard InChI is InChI=1S/C23H25N3O4S/c1-4-29-22(27)12-19-15-31-23(25-19)26-24-13-18-11-21(20(28-3)10-16(18)2)30-14-17-8-6-5-7-9-17/h5-11,13,15H,4,12,14H2,1-3H3,(H,25,26). The van der Waals surface area contributed by atoms with Gasteiger partial charge in [-0.1, -0.05) is 30.3 Å². The number of rotatable bonds is 10. The van der Waals surface area contributed by atoms with Gasteiger partial charge in [-0.3, -0.25) is 10.2 Å². The number of ether oxygens (including phenoxy) is 3. The SMILES string of the molecule is CCOC(=O)Cc1csc(NN=Cc2cc(OCc3ccccc3)c(OC)cc2C)n1. The fourth-order valence-electron chi connectivity index (χ4n) is 2.78. The van der Waals surface area contributed by atoms with Crippen LogP contribution in [0.3, 0.4) is 0 Å². The van der Waals surface area contributed by atoms with Crippen LogP contribution in [0.4, 0.5) is 5.13 Å². The second-order valence-electron chi connectivity index (χ2n) is 6.63. The van der Waals surface area contributed by atoms with Crippen molar-refractivity contribution in [2.24, 2.45) is 5.10 Å². The van der Waals surface area contributed by atoms with Gasteiger partial charge in [-0.05, 0) is 37.1 Å². The molecule has 0 atom stereocenters. The number of nitrogens with one attached hydrogen (secondary N) is 1. The van der Waals surface area contributed by atoms with Gasteiger partial charge in [0.1, 0.15) is 6.61 Å². The van der Waals surface area contributed by atoms with Crippen molar-refractivity contribution in [1.29, 1.82) is 0 Å². The van der Waals surface area contributed by atoms with Crippen molar-refractivity contribution in [3.8, 4) is 11.5 Å². The van der Waals surface area contributed by atoms with Gasteiger partial charge in [-0.25, -0.2) is 4.98 Å². The number of carbonyl (C=O) groups is 1. The zero-order chi connectivity index (χ0) is 22.1. The lowest BCUT2D eigenvalue weighted by molar-refractivity contribution is -0.142. The molecule has 3 rings (SSSR count). The van der Waals surface area contributed by atoms with Crippen molar-refractivity contribution in [1.82, 2.24) is 4.98 Å². The molecule has 0 aliphatic heterocycles. The number of nitrogens with zero attached hydrogens (tertiary/aromatic N) is 2. The van der Waals surface area contributed by atoms with Gasteiger partial charge in [-0.2, -0.15) is 5.10 Å². The third-order valence-corrected chi connectivity index (χ3v) is 5.13. The zero-order valence-electron chi connectivity index (χ0n) is 17.8. The van der Waals surface area contributed by atoms with E-state index in [-0.39, 0.29) is 12.4 Å². The monoisotopic (exact) mass is 439 g/mol. The molecule has 1 heterocycles. The molecule has 0 aliphatic carbocycles. The molecule has 162 valence electrons. The van der Waals surface area contributed by atoms with Crippen molar-refractivity contribution < 1.29 is 19.0 Å². The van der Waals surface area contributed by atoms with E-state index in [4.69, 9.17) is 14.2 Å². The van der Waals surface area contributed by atoms with Gasteiger partial charge < -0.3 is 14.2 Å². The fraction of sp³-hybridized carbons (Fsp3) is 0.261. The van der Waals surface area contributed by atoms with Crippen LogP contribution >= 0.6 is 11.3 Å². The molecule has 0 radical (unpaired) electrons. The summed E-state index contributed by atoms with van der Waals surface area (Å²) in [5.74, 6) is 1.02. The molecule has 0 amide bonds. The Kier molecular flexibility index (Phi) is 8.00. The summed E-state index contributed by atoms with van der Waals surface area (Å²) >= 11 is 1.38. The predicted molar refractivity (Wildman–Crippen MR) is 122 cm³/mol. The first kappa shape index (κ1) is 22.3. The molecular formula is C23H25N3O4S. The number of aromatic nitrogens is 1. The minimum atomic E-state index is -0.292. The maximum atomic E-state index is 11.6. The molecule has 0 saturated carbocycles. The largest absolute Gasteiger partial charge is 0.493 e. The minimum Gasteiger partial charge on any atom is -0.493 e. The quantitative estimate of drug-likeness (QED) is 0.283. The summed E-state index contributed by atoms with van der Waals surface area (Å²) in [6, 6.07) is 13.8. The van der Waals surface area contributed by atoms with E-state index < -0.39 is 0 Å². The molecule has 2 aromatic carbocycles. The van der Waals surface area contributed by atoms with Crippen molar-refractivity contribution in [2.45, 2.75) is 26.9 Å². The van der Waals surface area contributed by atoms with E-state index in [2.05, 4.69) is 15.5 Å². The van der Waals surface area contributed by atoms with Gasteiger partial charge in [-0.15, -0.1) is 11.3 Å². The van der Waals surface area contributed by atoms with Crippen LogP contribution in [0.5, 0.6) is 11.5 Å². The summed E-state index contributed by atoms with van der Waals surface area (Å²) in [5.41, 5.74) is 6.51. The number of hydrazone groups is 1. The summed E-state index contributed by atoms with van der Waals surface area (Å²) in [6.07, 6.45) is 1.85. The van der Waals surface area contributed by atoms with Gasteiger partial charge in [0, 0.05) is 10.9 Å². The normalized spacial score (nSPS) is 10.8. The average Bonchev–Trinajstić information content (AvgIpc) is 3.21. The molecule has 0 bridgehead atoms. The highest BCUT2D eigenvalue weighted by Crippen LogP contribution is 2.30. The van der Waals surface area contributed by atoms with Gasteiger partial charge in [0.25, 0.3) is 0 Å². The van der Waals surface area contributed by atoms with E-state index in [1.54, 1.807) is 20.2 Å². The summed E-state index contributed by atoms with van der Waals surface area (Å²) < 4.78 is 16.4. The smallest absolute Gasteiger partial charge is 0.311 e. The summed E-state index contributed by atoms with van der Waals surface area (Å²) in [5, 5.41) is 6.68. The van der Waals surface area contributed by atoms with Gasteiger partial charge in [0.2, 0.25) is 5.13 Å². The van der Waals surface area contributed by atoms with Crippen LogP contribution in [0.15, 0.2) is 52.9 Å². The van der Waals surface area contributed by atoms with E-state index in [9.17, 15) is 4.79 Å². The number of aryl methyl sites for hydroxylation is 1. The lowest BCUT2D eigenvalue weighted by Gasteiger charge is -2.13. The fourth-order valence-corrected chi connectivity index (χ4v) is 3.44. The Morgan fingerprint density at radius 3 is 2.77 bits per heavy atom. The van der Waals surface area contributed by atoms with E-state index in [0.717, 1.165) is 16.7 Å². The molecule has 31 heavy (non-hydrogen) atoms. The second kappa shape index (κ2) is 11.1. The first-order chi connectivity index (χ1) is 15.1. The van der Waals surface area contributed by atoms with Crippen LogP contribution in [0, 0.1) is 6.92 Å². The highest BCUT2D eigenvalue weighted by Gasteiger charge is 2.10. The number of esters is 1. The topological polar surface area (TPSA) is 82.0 Å². The number of thiazole rings is 1. The third kappa shape index (κ3) is 6.55. The van der Waals surface area contributed by atoms with E-state index in [1.165, 1.54) is 11.3 Å². The van der Waals surface area contributed by atoms with Crippen LogP contribution < -0.4 is 14.9 Å². The molecule has 1 N–H and O–H groups in total. The van der Waals surface area contributed by atoms with Gasteiger partial charge >= 0.3 is 5.97 Å². The minimum absolute atomic E-state index is 0.148. The van der Waals surface area contributed by atoms with E-state index >= 15 is 0 Å². The maximum absolute atomic E-state index is 11.6. The molecule has 0 fully saturated rings. The Hall–Kier alpha value is -3.39. The molecule has 7 nitrogen and oxygen atoms in total. The van der Waals surface area contributed by atoms with Crippen molar-refractivity contribution in [3.05, 3.63) is 70.2 Å². The average molecular weight is 440 g/mol. The Labute approximate surface area is 185 Å². The molecule has 0 spiro atoms. The Morgan fingerprint density at radius 2 is 2.03 bits per heavy atom. The first-order valence-electron chi connectivity index (χ1n) is 9.83. The molecular weight excluding hydrogens is 414 g/mol. The molecule has 0 unspecified atom stereocenters. The van der Waals surface area contributed by atoms with Crippen molar-refractivity contribution >= 4 is 28.7 Å². The van der Waals surface area contributed by atoms with Crippen LogP contribution in [0.25, 0.3) is 0 Å². The maximum Gasteiger partial charge on any atom is 0.311 e. The van der Waals surface area contributed by atoms with Crippen molar-refractivity contribution in [3.63, 3.8) is 0 Å². The number of anilines is 1. The van der Waals surface area contributed by atoms with Crippen LogP contribution in [0.1, 0.15) is 29.3 Å². The predicted octanol–water partition coefficient (Wildman–Crippen LogP) is 4.59. The second-order valence-corrected chi connectivity index (χ2v) is 7.49. The van der Waals surface area contributed by atoms with Crippen molar-refractivity contribution in [2.75, 3.05) is 19.1 Å². The highest BCUT2D eigenvalue weighted by molar-refractivity contribution is 7.13. The Bertz CT molecular complexity index is 1030. The Balaban J connectivity index is 1.66. The van der Waals surface area contributed by atoms with Gasteiger partial charge in [0.15, 0.2) is 11.5 Å². The van der Waals surface area contributed by atoms with Gasteiger partial charge in [0.05, 0.1) is 32.0 Å². The third-order valence-electron chi connectivity index (χ3n) is 4.34. The summed E-state index contributed by atoms with van der Waals surface area (Å²) in [4.78, 5) is 15.9. The number of benzene rings is 2. The van der Waals surface area contributed by atoms with E-state index in [1.807, 2.05) is 54.8 Å². The molecule has 1 aromatic heterocycles. The zero-order valence-corrected chi connectivity index (χ0v) is 18.6. The molecule has 3 aromatic rings. The number of hydrogen-bond acceptors (Lipinski definition) is 8. The van der Waals surface area contributed by atoms with Crippen LogP contribution in [0.2, 0.25) is 0 Å². The molecule has 0 aliphatic rings. The lowest BCUT2D eigenvalue weighted by Crippen LogP contribution is -2.07. The number of methoxy groups -OCH3 is 1. The summed E-state index contributed by atoms with van der Waals surface area (Å²) in [7, 11) is 1.62. The first-order valence-corrected chi connectivity index (χ1v) is 10.7. The van der Waals surface area contributed by atoms with Crippen LogP contribution in [-0.4, -0.2) is 30.9 Å². The summed E-state index contributed by atoms with van der Waals surface area (Å²) in [6.45, 7) is 4.56. The number of carbonyl (C=O) groups excluding carboxylic acids is 1. The molecule has 8 heteroatoms. The lowest BCUT2D eigenvalue weighted by atomic mass is 10.1. The number of hydrogen-bond donors (Lipinski definition) is 1. The Morgan fingerprint density at radius 1 is 1.23 bits per heavy atom. The van der Waals surface area contributed by atoms with Crippen LogP contribution in [-0.2, 0) is 22.6 Å². The van der Waals surface area contributed by atoms with E-state index in [0.29, 0.717) is 35.5 Å². The molecule has 0 saturated heterocycles.